The first-order valence-electron chi connectivity index (χ1n) is 26.7. The Morgan fingerprint density at radius 2 is 0.583 bits per heavy atom. The molecule has 0 aromatic heterocycles. The van der Waals surface area contributed by atoms with Crippen molar-refractivity contribution in [3.8, 4) is 0 Å². The van der Waals surface area contributed by atoms with Crippen LogP contribution >= 0.6 is 0 Å². The van der Waals surface area contributed by atoms with Gasteiger partial charge in [0.05, 0.1) is 0 Å². The molecule has 60 heavy (non-hydrogen) atoms. The van der Waals surface area contributed by atoms with Crippen LogP contribution in [0.4, 0.5) is 0 Å². The minimum absolute atomic E-state index is 0.0651. The summed E-state index contributed by atoms with van der Waals surface area (Å²) in [6.45, 7) is 13.7. The van der Waals surface area contributed by atoms with Crippen molar-refractivity contribution < 1.29 is 28.6 Å². The number of ether oxygens (including phenoxy) is 3. The summed E-state index contributed by atoms with van der Waals surface area (Å²) >= 11 is 0. The van der Waals surface area contributed by atoms with Gasteiger partial charge in [-0.3, -0.25) is 14.4 Å². The van der Waals surface area contributed by atoms with E-state index in [4.69, 9.17) is 14.2 Å². The van der Waals surface area contributed by atoms with E-state index in [1.165, 1.54) is 173 Å². The number of carbonyl (C=O) groups is 3. The van der Waals surface area contributed by atoms with Crippen molar-refractivity contribution in [2.75, 3.05) is 13.2 Å². The summed E-state index contributed by atoms with van der Waals surface area (Å²) in [5, 5.41) is 0. The zero-order chi connectivity index (χ0) is 44.2. The second-order valence-electron chi connectivity index (χ2n) is 19.5. The highest BCUT2D eigenvalue weighted by Crippen LogP contribution is 2.18. The van der Waals surface area contributed by atoms with E-state index in [0.717, 1.165) is 75.5 Å². The molecule has 3 atom stereocenters. The fourth-order valence-electron chi connectivity index (χ4n) is 8.05. The summed E-state index contributed by atoms with van der Waals surface area (Å²) in [7, 11) is 0. The van der Waals surface area contributed by atoms with Crippen molar-refractivity contribution in [1.82, 2.24) is 0 Å². The second-order valence-corrected chi connectivity index (χ2v) is 19.5. The molecular weight excluding hydrogens is 745 g/mol. The monoisotopic (exact) mass is 849 g/mol. The van der Waals surface area contributed by atoms with E-state index in [-0.39, 0.29) is 31.1 Å². The fourth-order valence-corrected chi connectivity index (χ4v) is 8.05. The maximum Gasteiger partial charge on any atom is 0.306 e. The SMILES string of the molecule is CCC(C)CCCCCCCCCCCCCCCCC(=O)O[C@H](COC(=O)CCCCCCCCCCCCC(C)CC)COC(=O)CCCCCCCCCC(C)C. The third kappa shape index (κ3) is 44.5. The van der Waals surface area contributed by atoms with Gasteiger partial charge in [0.15, 0.2) is 6.10 Å². The molecule has 0 heterocycles. The van der Waals surface area contributed by atoms with Gasteiger partial charge in [-0.1, -0.05) is 253 Å². The summed E-state index contributed by atoms with van der Waals surface area (Å²) in [6.07, 6.45) is 45.1. The Morgan fingerprint density at radius 1 is 0.333 bits per heavy atom. The van der Waals surface area contributed by atoms with Crippen LogP contribution in [-0.2, 0) is 28.6 Å². The first kappa shape index (κ1) is 58.4. The van der Waals surface area contributed by atoms with Crippen molar-refractivity contribution in [3.05, 3.63) is 0 Å². The van der Waals surface area contributed by atoms with Crippen molar-refractivity contribution in [1.29, 1.82) is 0 Å². The third-order valence-electron chi connectivity index (χ3n) is 12.9. The number of unbranched alkanes of at least 4 members (excludes halogenated alkanes) is 28. The molecule has 0 rings (SSSR count). The van der Waals surface area contributed by atoms with Gasteiger partial charge in [-0.2, -0.15) is 0 Å². The molecule has 0 aliphatic carbocycles. The summed E-state index contributed by atoms with van der Waals surface area (Å²) < 4.78 is 16.8. The first-order valence-corrected chi connectivity index (χ1v) is 26.7. The van der Waals surface area contributed by atoms with Crippen molar-refractivity contribution >= 4 is 17.9 Å². The maximum absolute atomic E-state index is 12.8. The molecule has 0 radical (unpaired) electrons. The highest BCUT2D eigenvalue weighted by atomic mass is 16.6. The number of carbonyl (C=O) groups excluding carboxylic acids is 3. The van der Waals surface area contributed by atoms with Crippen molar-refractivity contribution in [2.24, 2.45) is 17.8 Å². The molecule has 0 aromatic carbocycles. The minimum atomic E-state index is -0.763. The molecule has 0 N–H and O–H groups in total. The Morgan fingerprint density at radius 3 is 0.867 bits per heavy atom. The van der Waals surface area contributed by atoms with E-state index in [1.807, 2.05) is 0 Å². The summed E-state index contributed by atoms with van der Waals surface area (Å²) in [5.74, 6) is 1.69. The van der Waals surface area contributed by atoms with Crippen molar-refractivity contribution in [3.63, 3.8) is 0 Å². The predicted octanol–water partition coefficient (Wildman–Crippen LogP) is 17.2. The molecular formula is C54H104O6. The Bertz CT molecular complexity index is 933. The Kier molecular flexibility index (Phi) is 44.2. The van der Waals surface area contributed by atoms with Crippen LogP contribution in [0.2, 0.25) is 0 Å². The van der Waals surface area contributed by atoms with Gasteiger partial charge >= 0.3 is 17.9 Å². The van der Waals surface area contributed by atoms with Crippen LogP contribution in [0, 0.1) is 17.8 Å². The highest BCUT2D eigenvalue weighted by molar-refractivity contribution is 5.71. The molecule has 0 fully saturated rings. The molecule has 6 heteroatoms. The standard InChI is InChI=1S/C54H104O6/c1-7-49(5)41-35-29-23-17-13-11-9-10-12-14-20-26-33-39-45-54(57)60-51(47-59-53(56)44-38-32-27-21-22-28-34-40-48(3)4)46-58-52(55)43-37-31-25-19-16-15-18-24-30-36-42-50(6)8-2/h48-51H,7-47H2,1-6H3/t49?,50?,51-/m1/s1. The van der Waals surface area contributed by atoms with Gasteiger partial charge in [0.2, 0.25) is 0 Å². The molecule has 0 aliphatic rings. The molecule has 0 bridgehead atoms. The lowest BCUT2D eigenvalue weighted by atomic mass is 9.99. The lowest BCUT2D eigenvalue weighted by molar-refractivity contribution is -0.167. The first-order chi connectivity index (χ1) is 29.2. The molecule has 6 nitrogen and oxygen atoms in total. The molecule has 2 unspecified atom stereocenters. The predicted molar refractivity (Wildman–Crippen MR) is 256 cm³/mol. The van der Waals surface area contributed by atoms with E-state index in [2.05, 4.69) is 41.5 Å². The van der Waals surface area contributed by atoms with E-state index < -0.39 is 6.10 Å². The Balaban J connectivity index is 4.29. The van der Waals surface area contributed by atoms with Crippen LogP contribution < -0.4 is 0 Å². The van der Waals surface area contributed by atoms with Crippen LogP contribution in [0.3, 0.4) is 0 Å². The van der Waals surface area contributed by atoms with Gasteiger partial charge in [0, 0.05) is 19.3 Å². The highest BCUT2D eigenvalue weighted by Gasteiger charge is 2.19. The summed E-state index contributed by atoms with van der Waals surface area (Å²) in [6, 6.07) is 0. The van der Waals surface area contributed by atoms with Gasteiger partial charge in [-0.05, 0) is 37.0 Å². The van der Waals surface area contributed by atoms with Gasteiger partial charge in [-0.25, -0.2) is 0 Å². The van der Waals surface area contributed by atoms with Gasteiger partial charge < -0.3 is 14.2 Å². The lowest BCUT2D eigenvalue weighted by Gasteiger charge is -2.18. The Labute approximate surface area is 374 Å². The van der Waals surface area contributed by atoms with Crippen LogP contribution in [0.15, 0.2) is 0 Å². The van der Waals surface area contributed by atoms with Gasteiger partial charge in [0.1, 0.15) is 13.2 Å². The van der Waals surface area contributed by atoms with Crippen molar-refractivity contribution in [2.45, 2.75) is 298 Å². The smallest absolute Gasteiger partial charge is 0.306 e. The zero-order valence-corrected chi connectivity index (χ0v) is 41.3. The zero-order valence-electron chi connectivity index (χ0n) is 41.3. The van der Waals surface area contributed by atoms with E-state index in [0.29, 0.717) is 19.3 Å². The Hall–Kier alpha value is -1.59. The van der Waals surface area contributed by atoms with Crippen LogP contribution in [0.5, 0.6) is 0 Å². The van der Waals surface area contributed by atoms with Crippen LogP contribution in [0.25, 0.3) is 0 Å². The number of hydrogen-bond acceptors (Lipinski definition) is 6. The van der Waals surface area contributed by atoms with Crippen LogP contribution in [0.1, 0.15) is 292 Å². The molecule has 0 spiro atoms. The van der Waals surface area contributed by atoms with E-state index in [9.17, 15) is 14.4 Å². The lowest BCUT2D eigenvalue weighted by Crippen LogP contribution is -2.30. The number of esters is 3. The molecule has 356 valence electrons. The molecule has 0 saturated carbocycles. The normalized spacial score (nSPS) is 13.1. The minimum Gasteiger partial charge on any atom is -0.462 e. The second kappa shape index (κ2) is 45.4. The van der Waals surface area contributed by atoms with Gasteiger partial charge in [-0.15, -0.1) is 0 Å². The quantitative estimate of drug-likeness (QED) is 0.0345. The van der Waals surface area contributed by atoms with Crippen LogP contribution in [-0.4, -0.2) is 37.2 Å². The third-order valence-corrected chi connectivity index (χ3v) is 12.9. The topological polar surface area (TPSA) is 78.9 Å². The summed E-state index contributed by atoms with van der Waals surface area (Å²) in [5.41, 5.74) is 0. The number of hydrogen-bond donors (Lipinski definition) is 0. The van der Waals surface area contributed by atoms with E-state index >= 15 is 0 Å². The van der Waals surface area contributed by atoms with E-state index in [1.54, 1.807) is 0 Å². The molecule has 0 aliphatic heterocycles. The average molecular weight is 849 g/mol. The number of rotatable bonds is 47. The van der Waals surface area contributed by atoms with Gasteiger partial charge in [0.25, 0.3) is 0 Å². The maximum atomic E-state index is 12.8. The molecule has 0 amide bonds. The summed E-state index contributed by atoms with van der Waals surface area (Å²) in [4.78, 5) is 38.0. The largest absolute Gasteiger partial charge is 0.462 e. The fraction of sp³-hybridized carbons (Fsp3) is 0.944. The average Bonchev–Trinajstić information content (AvgIpc) is 3.23. The molecule has 0 saturated heterocycles. The molecule has 0 aromatic rings.